The van der Waals surface area contributed by atoms with Crippen LogP contribution in [0.5, 0.6) is 0 Å². The van der Waals surface area contributed by atoms with Crippen LogP contribution >= 0.6 is 22.7 Å². The fraction of sp³-hybridized carbons (Fsp3) is 0. The Hall–Kier alpha value is -11.9. The highest BCUT2D eigenvalue weighted by Crippen LogP contribution is 2.44. The van der Waals surface area contributed by atoms with Crippen molar-refractivity contribution < 1.29 is 0 Å². The summed E-state index contributed by atoms with van der Waals surface area (Å²) in [6.45, 7) is 0. The molecule has 18 aromatic rings. The first-order chi connectivity index (χ1) is 46.5. The zero-order chi connectivity index (χ0) is 62.1. The van der Waals surface area contributed by atoms with E-state index >= 15 is 0 Å². The number of fused-ring (bicyclic) bond motifs is 10. The molecule has 0 aliphatic heterocycles. The SMILES string of the molecule is c1ccc(-c2ccc(-c3nc(-c4cccc(-c5ccccc5-c5cccc(-c6nc(-c7ccccc7)nc(-c7cccc(-c8cccc9c8ccc8c%10ccccc%10sc98)c7)n6)c5)c4)nc(-c4cccc(-c5cccc6c5ccc5c7ccccc7sc65)c4)n3)cc2)cc1. The minimum Gasteiger partial charge on any atom is -0.208 e. The maximum atomic E-state index is 5.35. The monoisotopic (exact) mass is 1230 g/mol. The van der Waals surface area contributed by atoms with Crippen molar-refractivity contribution in [2.24, 2.45) is 0 Å². The van der Waals surface area contributed by atoms with Crippen molar-refractivity contribution in [2.75, 3.05) is 0 Å². The fourth-order valence-electron chi connectivity index (χ4n) is 13.4. The van der Waals surface area contributed by atoms with E-state index in [1.165, 1.54) is 61.9 Å². The second-order valence-corrected chi connectivity index (χ2v) is 25.8. The van der Waals surface area contributed by atoms with Crippen molar-refractivity contribution in [1.82, 2.24) is 29.9 Å². The Morgan fingerprint density at radius 3 is 0.840 bits per heavy atom. The number of hydrogen-bond acceptors (Lipinski definition) is 8. The third-order valence-corrected chi connectivity index (χ3v) is 20.4. The first kappa shape index (κ1) is 54.9. The van der Waals surface area contributed by atoms with Gasteiger partial charge in [0.05, 0.1) is 0 Å². The van der Waals surface area contributed by atoms with Gasteiger partial charge in [0.25, 0.3) is 0 Å². The summed E-state index contributed by atoms with van der Waals surface area (Å²) >= 11 is 3.72. The van der Waals surface area contributed by atoms with Gasteiger partial charge in [-0.15, -0.1) is 22.7 Å². The Labute approximate surface area is 550 Å². The molecule has 4 heterocycles. The first-order valence-corrected chi connectivity index (χ1v) is 33.1. The highest BCUT2D eigenvalue weighted by molar-refractivity contribution is 7.27. The molecule has 94 heavy (non-hydrogen) atoms. The number of benzene rings is 14. The number of thiophene rings is 2. The fourth-order valence-corrected chi connectivity index (χ4v) is 15.9. The molecule has 14 aromatic carbocycles. The number of aromatic nitrogens is 6. The number of rotatable bonds is 11. The molecular formula is C86H52N6S2. The normalized spacial score (nSPS) is 11.6. The molecule has 0 N–H and O–H groups in total. The predicted octanol–water partition coefficient (Wildman–Crippen LogP) is 23.4. The molecule has 438 valence electrons. The highest BCUT2D eigenvalue weighted by atomic mass is 32.1. The van der Waals surface area contributed by atoms with Gasteiger partial charge in [0.1, 0.15) is 0 Å². The topological polar surface area (TPSA) is 77.3 Å². The van der Waals surface area contributed by atoms with Crippen molar-refractivity contribution in [1.29, 1.82) is 0 Å². The maximum Gasteiger partial charge on any atom is 0.164 e. The van der Waals surface area contributed by atoms with Crippen molar-refractivity contribution >= 4 is 84.6 Å². The Morgan fingerprint density at radius 2 is 0.415 bits per heavy atom. The first-order valence-electron chi connectivity index (χ1n) is 31.5. The molecule has 0 radical (unpaired) electrons. The van der Waals surface area contributed by atoms with Crippen LogP contribution in [-0.4, -0.2) is 29.9 Å². The summed E-state index contributed by atoms with van der Waals surface area (Å²) in [5, 5.41) is 10.1. The molecule has 0 unspecified atom stereocenters. The van der Waals surface area contributed by atoms with Gasteiger partial charge in [0.2, 0.25) is 0 Å². The molecule has 0 amide bonds. The van der Waals surface area contributed by atoms with E-state index in [9.17, 15) is 0 Å². The quantitative estimate of drug-likeness (QED) is 0.128. The number of nitrogens with zero attached hydrogens (tertiary/aromatic N) is 6. The smallest absolute Gasteiger partial charge is 0.164 e. The minimum absolute atomic E-state index is 0.576. The molecule has 0 fully saturated rings. The van der Waals surface area contributed by atoms with Gasteiger partial charge in [0.15, 0.2) is 34.9 Å². The summed E-state index contributed by atoms with van der Waals surface area (Å²) in [5.41, 5.74) is 16.3. The third-order valence-electron chi connectivity index (χ3n) is 18.0. The molecular weight excluding hydrogens is 1180 g/mol. The maximum absolute atomic E-state index is 5.35. The van der Waals surface area contributed by atoms with Gasteiger partial charge >= 0.3 is 0 Å². The highest BCUT2D eigenvalue weighted by Gasteiger charge is 2.20. The van der Waals surface area contributed by atoms with Gasteiger partial charge in [-0.3, -0.25) is 0 Å². The van der Waals surface area contributed by atoms with Gasteiger partial charge in [-0.05, 0) is 103 Å². The van der Waals surface area contributed by atoms with Crippen molar-refractivity contribution in [3.63, 3.8) is 0 Å². The van der Waals surface area contributed by atoms with Crippen LogP contribution in [0.25, 0.3) is 186 Å². The lowest BCUT2D eigenvalue weighted by Gasteiger charge is -2.14. The average molecular weight is 1230 g/mol. The lowest BCUT2D eigenvalue weighted by Crippen LogP contribution is -2.01. The zero-order valence-corrected chi connectivity index (χ0v) is 52.2. The predicted molar refractivity (Wildman–Crippen MR) is 394 cm³/mol. The van der Waals surface area contributed by atoms with E-state index in [1.807, 2.05) is 46.9 Å². The second-order valence-electron chi connectivity index (χ2n) is 23.7. The van der Waals surface area contributed by atoms with Crippen LogP contribution < -0.4 is 0 Å². The van der Waals surface area contributed by atoms with Crippen LogP contribution in [-0.2, 0) is 0 Å². The van der Waals surface area contributed by atoms with E-state index in [2.05, 4.69) is 291 Å². The number of hydrogen-bond donors (Lipinski definition) is 0. The summed E-state index contributed by atoms with van der Waals surface area (Å²) in [5.74, 6) is 3.54. The lowest BCUT2D eigenvalue weighted by molar-refractivity contribution is 1.07. The molecule has 0 bridgehead atoms. The van der Waals surface area contributed by atoms with Crippen LogP contribution in [0, 0.1) is 0 Å². The minimum atomic E-state index is 0.576. The van der Waals surface area contributed by atoms with Crippen molar-refractivity contribution in [2.45, 2.75) is 0 Å². The summed E-state index contributed by atoms with van der Waals surface area (Å²) in [6.07, 6.45) is 0. The summed E-state index contributed by atoms with van der Waals surface area (Å²) in [6, 6.07) is 112. The molecule has 0 aliphatic rings. The Kier molecular flexibility index (Phi) is 13.5. The van der Waals surface area contributed by atoms with Crippen LogP contribution in [0.2, 0.25) is 0 Å². The molecule has 0 atom stereocenters. The Morgan fingerprint density at radius 1 is 0.160 bits per heavy atom. The summed E-state index contributed by atoms with van der Waals surface area (Å²) in [7, 11) is 0. The van der Waals surface area contributed by atoms with Crippen LogP contribution in [0.1, 0.15) is 0 Å². The molecule has 4 aromatic heterocycles. The Balaban J connectivity index is 0.712. The van der Waals surface area contributed by atoms with Gasteiger partial charge in [-0.2, -0.15) is 0 Å². The molecule has 6 nitrogen and oxygen atoms in total. The molecule has 0 aliphatic carbocycles. The van der Waals surface area contributed by atoms with Gasteiger partial charge in [0, 0.05) is 84.5 Å². The van der Waals surface area contributed by atoms with Gasteiger partial charge in [-0.25, -0.2) is 29.9 Å². The van der Waals surface area contributed by atoms with E-state index in [0.717, 1.165) is 89.0 Å². The molecule has 0 spiro atoms. The van der Waals surface area contributed by atoms with Gasteiger partial charge < -0.3 is 0 Å². The summed E-state index contributed by atoms with van der Waals surface area (Å²) < 4.78 is 5.20. The van der Waals surface area contributed by atoms with Crippen molar-refractivity contribution in [3.05, 3.63) is 315 Å². The van der Waals surface area contributed by atoms with E-state index < -0.39 is 0 Å². The van der Waals surface area contributed by atoms with Crippen LogP contribution in [0.3, 0.4) is 0 Å². The summed E-state index contributed by atoms with van der Waals surface area (Å²) in [4.78, 5) is 31.7. The van der Waals surface area contributed by atoms with Crippen molar-refractivity contribution in [3.8, 4) is 124 Å². The van der Waals surface area contributed by atoms with Gasteiger partial charge in [-0.1, -0.05) is 279 Å². The third kappa shape index (κ3) is 9.88. The second kappa shape index (κ2) is 23.1. The zero-order valence-electron chi connectivity index (χ0n) is 50.5. The van der Waals surface area contributed by atoms with E-state index in [1.54, 1.807) is 0 Å². The van der Waals surface area contributed by atoms with Crippen LogP contribution in [0.15, 0.2) is 315 Å². The molecule has 8 heteroatoms. The standard InChI is InChI=1S/C86H52N6S2/c1-3-19-53(20-4-1)54-41-43-56(44-42-54)82-89-85(92-86(90-82)64-30-16-26-60(52-64)68-36-18-38-74-70(68)46-48-76-72-34-10-12-40-78(72)94-80(74)76)62-28-14-24-58(50-62)66-32-8-7-31-65(66)57-23-13-27-61(49-57)83-87-81(55-21-5-2-6-22-55)88-84(91-83)63-29-15-25-59(51-63)67-35-17-37-73-69(67)45-47-75-71-33-9-11-39-77(71)93-79(73)75/h1-52H. The average Bonchev–Trinajstić information content (AvgIpc) is 1.58. The van der Waals surface area contributed by atoms with E-state index in [-0.39, 0.29) is 0 Å². The lowest BCUT2D eigenvalue weighted by atomic mass is 9.92. The van der Waals surface area contributed by atoms with E-state index in [4.69, 9.17) is 29.9 Å². The molecule has 0 saturated heterocycles. The largest absolute Gasteiger partial charge is 0.208 e. The van der Waals surface area contributed by atoms with Crippen LogP contribution in [0.4, 0.5) is 0 Å². The van der Waals surface area contributed by atoms with E-state index in [0.29, 0.717) is 34.9 Å². The molecule has 0 saturated carbocycles. The molecule has 18 rings (SSSR count). The Bertz CT molecular complexity index is 6000.